The van der Waals surface area contributed by atoms with E-state index in [2.05, 4.69) is 4.98 Å². The van der Waals surface area contributed by atoms with Gasteiger partial charge in [-0.2, -0.15) is 0 Å². The molecule has 154 valence electrons. The van der Waals surface area contributed by atoms with E-state index < -0.39 is 21.9 Å². The number of aromatic nitrogens is 1. The lowest BCUT2D eigenvalue weighted by molar-refractivity contribution is -0.386. The number of aromatic amines is 1. The Morgan fingerprint density at radius 3 is 2.50 bits per heavy atom. The second kappa shape index (κ2) is 8.62. The number of H-pyrrole nitrogens is 1. The number of rotatable bonds is 6. The van der Waals surface area contributed by atoms with Crippen molar-refractivity contribution in [3.05, 3.63) is 77.2 Å². The third-order valence-corrected chi connectivity index (χ3v) is 5.07. The molecular formula is C20H16N2O7S. The molecule has 10 heteroatoms. The fraction of sp³-hybridized carbons (Fsp3) is 0.100. The number of nitrogens with zero attached hydrogens (tertiary/aromatic N) is 1. The molecule has 0 fully saturated rings. The van der Waals surface area contributed by atoms with Crippen LogP contribution in [0.5, 0.6) is 17.2 Å². The molecule has 2 N–H and O–H groups in total. The smallest absolute Gasteiger partial charge is 0.315 e. The summed E-state index contributed by atoms with van der Waals surface area (Å²) < 4.78 is 10.6. The SMILES string of the molecule is COc1ccc(C(=O)/C=c2\[nH]c(=O)/c(=C/c3cc(OC)c(O)c([N+](=O)[O-])c3)s2)cc1. The number of thiazole rings is 1. The number of Topliss-reactive ketones (excluding diaryl/α,β-unsaturated/α-hetero) is 1. The fourth-order valence-corrected chi connectivity index (χ4v) is 3.51. The molecular weight excluding hydrogens is 412 g/mol. The number of nitro benzene ring substituents is 1. The molecule has 0 aliphatic rings. The second-order valence-electron chi connectivity index (χ2n) is 6.01. The summed E-state index contributed by atoms with van der Waals surface area (Å²) in [6, 6.07) is 9.03. The highest BCUT2D eigenvalue weighted by atomic mass is 32.1. The first kappa shape index (κ1) is 20.8. The lowest BCUT2D eigenvalue weighted by atomic mass is 10.1. The highest BCUT2D eigenvalue weighted by Crippen LogP contribution is 2.36. The van der Waals surface area contributed by atoms with E-state index in [4.69, 9.17) is 9.47 Å². The van der Waals surface area contributed by atoms with Crippen LogP contribution >= 0.6 is 11.3 Å². The van der Waals surface area contributed by atoms with Gasteiger partial charge in [0.1, 0.15) is 5.75 Å². The zero-order valence-electron chi connectivity index (χ0n) is 15.9. The Morgan fingerprint density at radius 1 is 1.20 bits per heavy atom. The quantitative estimate of drug-likeness (QED) is 0.346. The van der Waals surface area contributed by atoms with Crippen LogP contribution in [0.25, 0.3) is 12.2 Å². The summed E-state index contributed by atoms with van der Waals surface area (Å²) in [7, 11) is 2.79. The van der Waals surface area contributed by atoms with Gasteiger partial charge in [-0.3, -0.25) is 19.7 Å². The number of aromatic hydroxyl groups is 1. The van der Waals surface area contributed by atoms with Gasteiger partial charge in [-0.25, -0.2) is 0 Å². The summed E-state index contributed by atoms with van der Waals surface area (Å²) in [6.45, 7) is 0. The molecule has 0 aliphatic carbocycles. The Kier molecular flexibility index (Phi) is 5.98. The lowest BCUT2D eigenvalue weighted by Gasteiger charge is -2.04. The zero-order valence-corrected chi connectivity index (χ0v) is 16.7. The van der Waals surface area contributed by atoms with Crippen LogP contribution < -0.4 is 24.2 Å². The standard InChI is InChI=1S/C20H16N2O7S/c1-28-13-5-3-12(4-6-13)15(23)10-18-21-20(25)17(30-18)9-11-7-14(22(26)27)19(24)16(8-11)29-2/h3-10,24H,1-2H3,(H,21,25)/b17-9-,18-10+. The average molecular weight is 428 g/mol. The number of ketones is 1. The van der Waals surface area contributed by atoms with E-state index >= 15 is 0 Å². The van der Waals surface area contributed by atoms with Crippen LogP contribution in [-0.4, -0.2) is 35.0 Å². The summed E-state index contributed by atoms with van der Waals surface area (Å²) in [4.78, 5) is 37.6. The number of benzene rings is 2. The first-order valence-corrected chi connectivity index (χ1v) is 9.30. The third-order valence-electron chi connectivity index (χ3n) is 4.11. The number of carbonyl (C=O) groups excluding carboxylic acids is 1. The highest BCUT2D eigenvalue weighted by Gasteiger charge is 2.19. The number of hydrogen-bond donors (Lipinski definition) is 2. The minimum absolute atomic E-state index is 0.0927. The van der Waals surface area contributed by atoms with Crippen LogP contribution in [0.4, 0.5) is 5.69 Å². The molecule has 30 heavy (non-hydrogen) atoms. The maximum Gasteiger partial charge on any atom is 0.315 e. The monoisotopic (exact) mass is 428 g/mol. The van der Waals surface area contributed by atoms with Crippen molar-refractivity contribution in [2.75, 3.05) is 14.2 Å². The number of ether oxygens (including phenoxy) is 2. The Balaban J connectivity index is 2.01. The summed E-state index contributed by atoms with van der Waals surface area (Å²) >= 11 is 1.02. The maximum atomic E-state index is 12.4. The number of phenolic OH excluding ortho intramolecular Hbond substituents is 1. The van der Waals surface area contributed by atoms with E-state index in [1.54, 1.807) is 24.3 Å². The molecule has 0 atom stereocenters. The first-order chi connectivity index (χ1) is 14.3. The number of phenols is 1. The second-order valence-corrected chi connectivity index (χ2v) is 7.10. The van der Waals surface area contributed by atoms with Crippen molar-refractivity contribution in [1.29, 1.82) is 0 Å². The molecule has 0 saturated carbocycles. The molecule has 0 radical (unpaired) electrons. The molecule has 0 saturated heterocycles. The van der Waals surface area contributed by atoms with Crippen molar-refractivity contribution < 1.29 is 24.3 Å². The van der Waals surface area contributed by atoms with E-state index in [0.29, 0.717) is 16.0 Å². The number of hydrogen-bond acceptors (Lipinski definition) is 8. The van der Waals surface area contributed by atoms with Crippen LogP contribution in [0.2, 0.25) is 0 Å². The minimum atomic E-state index is -0.749. The molecule has 2 aromatic carbocycles. The van der Waals surface area contributed by atoms with E-state index in [0.717, 1.165) is 17.4 Å². The van der Waals surface area contributed by atoms with Gasteiger partial charge >= 0.3 is 5.69 Å². The van der Waals surface area contributed by atoms with Gasteiger partial charge in [0.2, 0.25) is 5.75 Å². The van der Waals surface area contributed by atoms with Crippen LogP contribution in [0, 0.1) is 10.1 Å². The van der Waals surface area contributed by atoms with Crippen LogP contribution in [0.3, 0.4) is 0 Å². The number of carbonyl (C=O) groups is 1. The van der Waals surface area contributed by atoms with Crippen molar-refractivity contribution >= 4 is 35.0 Å². The van der Waals surface area contributed by atoms with Crippen LogP contribution in [0.15, 0.2) is 41.2 Å². The van der Waals surface area contributed by atoms with E-state index in [1.165, 1.54) is 32.4 Å². The summed E-state index contributed by atoms with van der Waals surface area (Å²) in [5, 5.41) is 21.0. The van der Waals surface area contributed by atoms with Crippen molar-refractivity contribution in [2.45, 2.75) is 0 Å². The predicted octanol–water partition coefficient (Wildman–Crippen LogP) is 1.56. The van der Waals surface area contributed by atoms with E-state index in [1.807, 2.05) is 0 Å². The van der Waals surface area contributed by atoms with Crippen LogP contribution in [0.1, 0.15) is 15.9 Å². The van der Waals surface area contributed by atoms with Crippen molar-refractivity contribution in [3.8, 4) is 17.2 Å². The molecule has 0 spiro atoms. The molecule has 0 amide bonds. The Bertz CT molecular complexity index is 1290. The van der Waals surface area contributed by atoms with E-state index in [-0.39, 0.29) is 21.6 Å². The normalized spacial score (nSPS) is 12.1. The Hall–Kier alpha value is -3.92. The molecule has 3 aromatic rings. The molecule has 1 heterocycles. The predicted molar refractivity (Wildman–Crippen MR) is 111 cm³/mol. The first-order valence-electron chi connectivity index (χ1n) is 8.48. The Labute approximate surface area is 173 Å². The topological polar surface area (TPSA) is 132 Å². The molecule has 0 aliphatic heterocycles. The average Bonchev–Trinajstić information content (AvgIpc) is 3.07. The number of methoxy groups -OCH3 is 2. The maximum absolute atomic E-state index is 12.4. The van der Waals surface area contributed by atoms with Gasteiger partial charge in [-0.1, -0.05) is 0 Å². The molecule has 3 rings (SSSR count). The molecule has 1 aromatic heterocycles. The van der Waals surface area contributed by atoms with Gasteiger partial charge in [0.25, 0.3) is 5.56 Å². The highest BCUT2D eigenvalue weighted by molar-refractivity contribution is 7.07. The minimum Gasteiger partial charge on any atom is -0.500 e. The van der Waals surface area contributed by atoms with Gasteiger partial charge < -0.3 is 19.6 Å². The van der Waals surface area contributed by atoms with Crippen molar-refractivity contribution in [2.24, 2.45) is 0 Å². The molecule has 0 bridgehead atoms. The summed E-state index contributed by atoms with van der Waals surface area (Å²) in [5.41, 5.74) is -0.287. The van der Waals surface area contributed by atoms with Crippen molar-refractivity contribution in [1.82, 2.24) is 4.98 Å². The number of nitrogens with one attached hydrogen (secondary N) is 1. The van der Waals surface area contributed by atoms with Gasteiger partial charge in [0.15, 0.2) is 11.5 Å². The van der Waals surface area contributed by atoms with E-state index in [9.17, 15) is 24.8 Å². The Morgan fingerprint density at radius 2 is 1.90 bits per heavy atom. The summed E-state index contributed by atoms with van der Waals surface area (Å²) in [5.74, 6) is -0.376. The van der Waals surface area contributed by atoms with Gasteiger partial charge in [-0.05, 0) is 42.0 Å². The van der Waals surface area contributed by atoms with Gasteiger partial charge in [0.05, 0.1) is 28.3 Å². The largest absolute Gasteiger partial charge is 0.500 e. The van der Waals surface area contributed by atoms with Crippen molar-refractivity contribution in [3.63, 3.8) is 0 Å². The van der Waals surface area contributed by atoms with Gasteiger partial charge in [0, 0.05) is 17.7 Å². The lowest BCUT2D eigenvalue weighted by Crippen LogP contribution is -2.20. The summed E-state index contributed by atoms with van der Waals surface area (Å²) in [6.07, 6.45) is 2.71. The molecule has 9 nitrogen and oxygen atoms in total. The van der Waals surface area contributed by atoms with Crippen LogP contribution in [-0.2, 0) is 0 Å². The van der Waals surface area contributed by atoms with Gasteiger partial charge in [-0.15, -0.1) is 11.3 Å². The fourth-order valence-electron chi connectivity index (χ4n) is 2.63. The third kappa shape index (κ3) is 4.39. The molecule has 0 unspecified atom stereocenters. The zero-order chi connectivity index (χ0) is 21.8. The number of nitro groups is 1.